The molecule has 5 nitrogen and oxygen atoms in total. The zero-order valence-corrected chi connectivity index (χ0v) is 7.90. The summed E-state index contributed by atoms with van der Waals surface area (Å²) in [6, 6.07) is 0. The molecule has 0 amide bonds. The predicted octanol–water partition coefficient (Wildman–Crippen LogP) is 0.718. The van der Waals surface area contributed by atoms with Gasteiger partial charge in [0.2, 0.25) is 4.96 Å². The van der Waals surface area contributed by atoms with E-state index in [0.29, 0.717) is 4.96 Å². The van der Waals surface area contributed by atoms with Crippen molar-refractivity contribution in [3.8, 4) is 0 Å². The van der Waals surface area contributed by atoms with Crippen molar-refractivity contribution >= 4 is 36.0 Å². The van der Waals surface area contributed by atoms with Crippen LogP contribution in [0.3, 0.4) is 0 Å². The summed E-state index contributed by atoms with van der Waals surface area (Å²) in [7, 11) is 1.23. The Morgan fingerprint density at radius 3 is 2.92 bits per heavy atom. The van der Waals surface area contributed by atoms with Crippen molar-refractivity contribution in [3.63, 3.8) is 0 Å². The van der Waals surface area contributed by atoms with Gasteiger partial charge < -0.3 is 0 Å². The third-order valence-corrected chi connectivity index (χ3v) is 2.94. The van der Waals surface area contributed by atoms with Crippen LogP contribution in [0.15, 0.2) is 16.7 Å². The van der Waals surface area contributed by atoms with Crippen LogP contribution < -0.4 is 0 Å². The number of hydrogen-bond donors (Lipinski definition) is 0. The van der Waals surface area contributed by atoms with Crippen molar-refractivity contribution in [2.75, 3.05) is 0 Å². The van der Waals surface area contributed by atoms with Gasteiger partial charge in [-0.2, -0.15) is 4.98 Å². The van der Waals surface area contributed by atoms with E-state index in [1.807, 2.05) is 0 Å². The van der Waals surface area contributed by atoms with Gasteiger partial charge in [-0.3, -0.25) is 0 Å². The standard InChI is InChI=1S/C4H2ClN3O2S2/c5-12(9,10)3-6-4-8(7-3)1-2-11-4/h1-2H. The summed E-state index contributed by atoms with van der Waals surface area (Å²) >= 11 is 1.29. The Morgan fingerprint density at radius 2 is 2.33 bits per heavy atom. The molecule has 2 aromatic heterocycles. The lowest BCUT2D eigenvalue weighted by atomic mass is 11.0. The number of thiazole rings is 1. The van der Waals surface area contributed by atoms with Gasteiger partial charge in [-0.25, -0.2) is 12.9 Å². The Balaban J connectivity index is 2.75. The first-order chi connectivity index (χ1) is 5.57. The normalized spacial score (nSPS) is 12.4. The summed E-state index contributed by atoms with van der Waals surface area (Å²) in [4.78, 5) is 4.20. The van der Waals surface area contributed by atoms with Crippen LogP contribution in [0.4, 0.5) is 0 Å². The van der Waals surface area contributed by atoms with Gasteiger partial charge in [-0.1, -0.05) is 0 Å². The molecule has 0 aliphatic carbocycles. The summed E-state index contributed by atoms with van der Waals surface area (Å²) in [5, 5.41) is 5.04. The van der Waals surface area contributed by atoms with Crippen LogP contribution in [-0.4, -0.2) is 23.0 Å². The molecule has 0 N–H and O–H groups in total. The van der Waals surface area contributed by atoms with E-state index in [4.69, 9.17) is 10.7 Å². The molecular formula is C4H2ClN3O2S2. The second kappa shape index (κ2) is 2.41. The Labute approximate surface area is 76.0 Å². The molecule has 0 radical (unpaired) electrons. The molecule has 0 aromatic carbocycles. The summed E-state index contributed by atoms with van der Waals surface area (Å²) in [6.07, 6.45) is 1.61. The average Bonchev–Trinajstić information content (AvgIpc) is 2.37. The van der Waals surface area contributed by atoms with Gasteiger partial charge in [0.05, 0.1) is 0 Å². The van der Waals surface area contributed by atoms with Crippen molar-refractivity contribution in [1.29, 1.82) is 0 Å². The molecular weight excluding hydrogens is 222 g/mol. The quantitative estimate of drug-likeness (QED) is 0.669. The average molecular weight is 224 g/mol. The molecule has 0 spiro atoms. The lowest BCUT2D eigenvalue weighted by Crippen LogP contribution is -1.93. The smallest absolute Gasteiger partial charge is 0.210 e. The third-order valence-electron chi connectivity index (χ3n) is 1.17. The van der Waals surface area contributed by atoms with Gasteiger partial charge in [0.15, 0.2) is 0 Å². The first-order valence-corrected chi connectivity index (χ1v) is 6.01. The second-order valence-electron chi connectivity index (χ2n) is 1.96. The SMILES string of the molecule is O=S(=O)(Cl)c1nc2sccn2n1. The van der Waals surface area contributed by atoms with Crippen molar-refractivity contribution in [1.82, 2.24) is 14.6 Å². The molecule has 0 saturated carbocycles. The number of nitrogens with zero attached hydrogens (tertiary/aromatic N) is 3. The van der Waals surface area contributed by atoms with Crippen LogP contribution in [0, 0.1) is 0 Å². The molecule has 12 heavy (non-hydrogen) atoms. The number of hydrogen-bond acceptors (Lipinski definition) is 5. The fourth-order valence-electron chi connectivity index (χ4n) is 0.720. The predicted molar refractivity (Wildman–Crippen MR) is 43.9 cm³/mol. The van der Waals surface area contributed by atoms with Crippen molar-refractivity contribution in [2.24, 2.45) is 0 Å². The zero-order valence-electron chi connectivity index (χ0n) is 5.51. The fourth-order valence-corrected chi connectivity index (χ4v) is 2.00. The molecule has 0 atom stereocenters. The highest BCUT2D eigenvalue weighted by Crippen LogP contribution is 2.14. The van der Waals surface area contributed by atoms with Gasteiger partial charge in [-0.15, -0.1) is 16.4 Å². The van der Waals surface area contributed by atoms with Crippen LogP contribution in [0.5, 0.6) is 0 Å². The Hall–Kier alpha value is -0.660. The summed E-state index contributed by atoms with van der Waals surface area (Å²) in [5.41, 5.74) is 0. The molecule has 0 aliphatic heterocycles. The summed E-state index contributed by atoms with van der Waals surface area (Å²) in [5.74, 6) is 0. The number of halogens is 1. The second-order valence-corrected chi connectivity index (χ2v) is 5.30. The van der Waals surface area contributed by atoms with Gasteiger partial charge in [-0.05, 0) is 0 Å². The van der Waals surface area contributed by atoms with Crippen LogP contribution in [0.1, 0.15) is 0 Å². The van der Waals surface area contributed by atoms with Crippen LogP contribution >= 0.6 is 22.0 Å². The van der Waals surface area contributed by atoms with Crippen molar-refractivity contribution in [3.05, 3.63) is 11.6 Å². The number of fused-ring (bicyclic) bond motifs is 1. The van der Waals surface area contributed by atoms with E-state index in [0.717, 1.165) is 0 Å². The largest absolute Gasteiger partial charge is 0.298 e. The molecule has 2 rings (SSSR count). The summed E-state index contributed by atoms with van der Waals surface area (Å²) in [6.45, 7) is 0. The van der Waals surface area contributed by atoms with E-state index < -0.39 is 9.05 Å². The van der Waals surface area contributed by atoms with Gasteiger partial charge in [0.25, 0.3) is 14.2 Å². The Morgan fingerprint density at radius 1 is 1.58 bits per heavy atom. The molecule has 0 bridgehead atoms. The molecule has 0 fully saturated rings. The molecule has 0 saturated heterocycles. The number of rotatable bonds is 1. The highest BCUT2D eigenvalue weighted by Gasteiger charge is 2.17. The summed E-state index contributed by atoms with van der Waals surface area (Å²) < 4.78 is 22.8. The highest BCUT2D eigenvalue weighted by atomic mass is 35.7. The van der Waals surface area contributed by atoms with E-state index in [2.05, 4.69) is 10.1 Å². The monoisotopic (exact) mass is 223 g/mol. The minimum Gasteiger partial charge on any atom is -0.210 e. The maximum Gasteiger partial charge on any atom is 0.298 e. The van der Waals surface area contributed by atoms with Gasteiger partial charge in [0, 0.05) is 22.3 Å². The first kappa shape index (κ1) is 7.96. The fraction of sp³-hybridized carbons (Fsp3) is 0. The van der Waals surface area contributed by atoms with Crippen LogP contribution in [0.25, 0.3) is 4.96 Å². The van der Waals surface area contributed by atoms with E-state index >= 15 is 0 Å². The van der Waals surface area contributed by atoms with Crippen LogP contribution in [0.2, 0.25) is 0 Å². The minimum absolute atomic E-state index is 0.351. The molecule has 0 aliphatic rings. The first-order valence-electron chi connectivity index (χ1n) is 2.82. The minimum atomic E-state index is -3.80. The van der Waals surface area contributed by atoms with E-state index in [-0.39, 0.29) is 5.16 Å². The third kappa shape index (κ3) is 1.19. The Kier molecular flexibility index (Phi) is 1.60. The topological polar surface area (TPSA) is 64.3 Å². The maximum atomic E-state index is 10.7. The van der Waals surface area contributed by atoms with E-state index in [9.17, 15) is 8.42 Å². The molecule has 2 aromatic rings. The molecule has 0 unspecified atom stereocenters. The van der Waals surface area contributed by atoms with Crippen molar-refractivity contribution < 1.29 is 8.42 Å². The lowest BCUT2D eigenvalue weighted by molar-refractivity contribution is 0.601. The number of aromatic nitrogens is 3. The highest BCUT2D eigenvalue weighted by molar-refractivity contribution is 8.13. The molecule has 2 heterocycles. The zero-order chi connectivity index (χ0) is 8.77. The van der Waals surface area contributed by atoms with Gasteiger partial charge >= 0.3 is 0 Å². The van der Waals surface area contributed by atoms with Gasteiger partial charge in [0.1, 0.15) is 0 Å². The lowest BCUT2D eigenvalue weighted by Gasteiger charge is -1.81. The maximum absolute atomic E-state index is 10.7. The Bertz CT molecular complexity index is 485. The van der Waals surface area contributed by atoms with Crippen molar-refractivity contribution in [2.45, 2.75) is 5.16 Å². The molecule has 8 heteroatoms. The van der Waals surface area contributed by atoms with E-state index in [1.165, 1.54) is 15.9 Å². The molecule has 64 valence electrons. The van der Waals surface area contributed by atoms with Crippen LogP contribution in [-0.2, 0) is 9.05 Å². The van der Waals surface area contributed by atoms with E-state index in [1.54, 1.807) is 11.6 Å².